The number of aliphatic carboxylic acids is 1. The third-order valence-electron chi connectivity index (χ3n) is 4.23. The lowest BCUT2D eigenvalue weighted by atomic mass is 9.83. The minimum atomic E-state index is -0.890. The summed E-state index contributed by atoms with van der Waals surface area (Å²) in [5.74, 6) is -0.890. The van der Waals surface area contributed by atoms with Crippen LogP contribution in [0.15, 0.2) is 11.6 Å². The summed E-state index contributed by atoms with van der Waals surface area (Å²) >= 11 is 0. The fourth-order valence-electron chi connectivity index (χ4n) is 2.96. The molecule has 2 aliphatic heterocycles. The summed E-state index contributed by atoms with van der Waals surface area (Å²) in [6, 6.07) is -0.769. The summed E-state index contributed by atoms with van der Waals surface area (Å²) in [6.07, 6.45) is 4.34. The SMILES string of the molecule is CC(C)(C)C1=CCN(C(=O)N2CCCC2C(=O)O)CC1. The van der Waals surface area contributed by atoms with Crippen LogP contribution in [0.4, 0.5) is 4.79 Å². The van der Waals surface area contributed by atoms with Gasteiger partial charge in [0, 0.05) is 19.6 Å². The van der Waals surface area contributed by atoms with Crippen molar-refractivity contribution in [3.63, 3.8) is 0 Å². The van der Waals surface area contributed by atoms with E-state index in [1.165, 1.54) is 10.5 Å². The van der Waals surface area contributed by atoms with Crippen LogP contribution in [0.2, 0.25) is 0 Å². The first-order valence-electron chi connectivity index (χ1n) is 7.28. The number of nitrogens with zero attached hydrogens (tertiary/aromatic N) is 2. The number of hydrogen-bond donors (Lipinski definition) is 1. The second kappa shape index (κ2) is 5.46. The Kier molecular flexibility index (Phi) is 4.06. The molecule has 0 bridgehead atoms. The van der Waals surface area contributed by atoms with Crippen molar-refractivity contribution in [1.82, 2.24) is 9.80 Å². The topological polar surface area (TPSA) is 60.9 Å². The Morgan fingerprint density at radius 1 is 1.30 bits per heavy atom. The Labute approximate surface area is 120 Å². The molecular weight excluding hydrogens is 256 g/mol. The molecule has 1 saturated heterocycles. The average molecular weight is 280 g/mol. The Morgan fingerprint density at radius 2 is 2.00 bits per heavy atom. The molecular formula is C15H24N2O3. The van der Waals surface area contributed by atoms with Crippen LogP contribution in [0, 0.1) is 5.41 Å². The summed E-state index contributed by atoms with van der Waals surface area (Å²) in [7, 11) is 0. The summed E-state index contributed by atoms with van der Waals surface area (Å²) in [5, 5.41) is 9.16. The van der Waals surface area contributed by atoms with Crippen LogP contribution >= 0.6 is 0 Å². The van der Waals surface area contributed by atoms with Gasteiger partial charge in [-0.25, -0.2) is 9.59 Å². The fourth-order valence-corrected chi connectivity index (χ4v) is 2.96. The highest BCUT2D eigenvalue weighted by Crippen LogP contribution is 2.30. The van der Waals surface area contributed by atoms with Gasteiger partial charge in [0.05, 0.1) is 0 Å². The second-order valence-electron chi connectivity index (χ2n) is 6.65. The molecule has 1 unspecified atom stereocenters. The zero-order valence-electron chi connectivity index (χ0n) is 12.6. The summed E-state index contributed by atoms with van der Waals surface area (Å²) in [5.41, 5.74) is 1.52. The van der Waals surface area contributed by atoms with Gasteiger partial charge < -0.3 is 14.9 Å². The molecule has 0 aliphatic carbocycles. The standard InChI is InChI=1S/C15H24N2O3/c1-15(2,3)11-6-9-16(10-7-11)14(20)17-8-4-5-12(17)13(18)19/h6,12H,4-5,7-10H2,1-3H3,(H,18,19). The molecule has 112 valence electrons. The fraction of sp³-hybridized carbons (Fsp3) is 0.733. The highest BCUT2D eigenvalue weighted by Gasteiger charge is 2.36. The minimum Gasteiger partial charge on any atom is -0.480 e. The molecule has 2 rings (SSSR count). The van der Waals surface area contributed by atoms with Gasteiger partial charge in [0.2, 0.25) is 0 Å². The van der Waals surface area contributed by atoms with E-state index in [2.05, 4.69) is 26.8 Å². The third kappa shape index (κ3) is 2.97. The van der Waals surface area contributed by atoms with Gasteiger partial charge in [-0.2, -0.15) is 0 Å². The Bertz CT molecular complexity index is 437. The van der Waals surface area contributed by atoms with Crippen molar-refractivity contribution in [2.45, 2.75) is 46.1 Å². The molecule has 1 N–H and O–H groups in total. The van der Waals surface area contributed by atoms with Gasteiger partial charge in [0.1, 0.15) is 6.04 Å². The third-order valence-corrected chi connectivity index (χ3v) is 4.23. The largest absolute Gasteiger partial charge is 0.480 e. The quantitative estimate of drug-likeness (QED) is 0.750. The van der Waals surface area contributed by atoms with E-state index < -0.39 is 12.0 Å². The maximum absolute atomic E-state index is 12.4. The number of carboxylic acid groups (broad SMARTS) is 1. The summed E-state index contributed by atoms with van der Waals surface area (Å²) < 4.78 is 0. The van der Waals surface area contributed by atoms with E-state index in [9.17, 15) is 9.59 Å². The minimum absolute atomic E-state index is 0.126. The van der Waals surface area contributed by atoms with E-state index >= 15 is 0 Å². The normalized spacial score (nSPS) is 23.8. The molecule has 2 aliphatic rings. The Balaban J connectivity index is 2.02. The molecule has 1 fully saturated rings. The van der Waals surface area contributed by atoms with Crippen LogP contribution in [0.25, 0.3) is 0 Å². The second-order valence-corrected chi connectivity index (χ2v) is 6.65. The van der Waals surface area contributed by atoms with E-state index in [1.807, 2.05) is 0 Å². The average Bonchev–Trinajstić information content (AvgIpc) is 2.86. The molecule has 0 radical (unpaired) electrons. The van der Waals surface area contributed by atoms with Gasteiger partial charge >= 0.3 is 12.0 Å². The lowest BCUT2D eigenvalue weighted by Gasteiger charge is -2.35. The van der Waals surface area contributed by atoms with Crippen LogP contribution in [0.5, 0.6) is 0 Å². The Morgan fingerprint density at radius 3 is 2.50 bits per heavy atom. The maximum atomic E-state index is 12.4. The van der Waals surface area contributed by atoms with Gasteiger partial charge in [0.15, 0.2) is 0 Å². The Hall–Kier alpha value is -1.52. The smallest absolute Gasteiger partial charge is 0.326 e. The zero-order chi connectivity index (χ0) is 14.9. The van der Waals surface area contributed by atoms with E-state index in [0.29, 0.717) is 26.1 Å². The summed E-state index contributed by atoms with van der Waals surface area (Å²) in [6.45, 7) is 8.37. The summed E-state index contributed by atoms with van der Waals surface area (Å²) in [4.78, 5) is 26.9. The number of carbonyl (C=O) groups excluding carboxylic acids is 1. The molecule has 0 spiro atoms. The van der Waals surface area contributed by atoms with E-state index in [4.69, 9.17) is 5.11 Å². The number of urea groups is 1. The molecule has 20 heavy (non-hydrogen) atoms. The first-order chi connectivity index (χ1) is 9.30. The van der Waals surface area contributed by atoms with E-state index in [-0.39, 0.29) is 11.4 Å². The number of likely N-dealkylation sites (tertiary alicyclic amines) is 1. The highest BCUT2D eigenvalue weighted by molar-refractivity contribution is 5.83. The van der Waals surface area contributed by atoms with Crippen LogP contribution < -0.4 is 0 Å². The van der Waals surface area contributed by atoms with Gasteiger partial charge in [0.25, 0.3) is 0 Å². The van der Waals surface area contributed by atoms with Gasteiger partial charge in [-0.1, -0.05) is 32.4 Å². The van der Waals surface area contributed by atoms with Crippen molar-refractivity contribution in [2.75, 3.05) is 19.6 Å². The van der Waals surface area contributed by atoms with Crippen molar-refractivity contribution >= 4 is 12.0 Å². The van der Waals surface area contributed by atoms with Gasteiger partial charge in [-0.05, 0) is 24.7 Å². The van der Waals surface area contributed by atoms with Crippen LogP contribution in [-0.2, 0) is 4.79 Å². The van der Waals surface area contributed by atoms with Crippen LogP contribution in [0.3, 0.4) is 0 Å². The van der Waals surface area contributed by atoms with Crippen molar-refractivity contribution in [1.29, 1.82) is 0 Å². The molecule has 1 atom stereocenters. The number of amides is 2. The molecule has 0 aromatic rings. The molecule has 0 saturated carbocycles. The lowest BCUT2D eigenvalue weighted by Crippen LogP contribution is -2.49. The van der Waals surface area contributed by atoms with Crippen molar-refractivity contribution in [3.05, 3.63) is 11.6 Å². The number of carboxylic acids is 1. The number of carbonyl (C=O) groups is 2. The van der Waals surface area contributed by atoms with E-state index in [1.54, 1.807) is 4.90 Å². The predicted octanol–water partition coefficient (Wildman–Crippen LogP) is 2.33. The molecule has 5 heteroatoms. The molecule has 0 aromatic carbocycles. The highest BCUT2D eigenvalue weighted by atomic mass is 16.4. The monoisotopic (exact) mass is 280 g/mol. The van der Waals surface area contributed by atoms with Crippen molar-refractivity contribution in [3.8, 4) is 0 Å². The van der Waals surface area contributed by atoms with Gasteiger partial charge in [-0.15, -0.1) is 0 Å². The predicted molar refractivity (Wildman–Crippen MR) is 76.5 cm³/mol. The molecule has 2 amide bonds. The number of hydrogen-bond acceptors (Lipinski definition) is 2. The number of rotatable bonds is 1. The lowest BCUT2D eigenvalue weighted by molar-refractivity contribution is -0.141. The van der Waals surface area contributed by atoms with Crippen LogP contribution in [-0.4, -0.2) is 52.6 Å². The molecule has 0 aromatic heterocycles. The van der Waals surface area contributed by atoms with Crippen molar-refractivity contribution < 1.29 is 14.7 Å². The van der Waals surface area contributed by atoms with Crippen LogP contribution in [0.1, 0.15) is 40.0 Å². The first kappa shape index (κ1) is 14.9. The van der Waals surface area contributed by atoms with E-state index in [0.717, 1.165) is 12.8 Å². The first-order valence-corrected chi connectivity index (χ1v) is 7.28. The van der Waals surface area contributed by atoms with Crippen molar-refractivity contribution in [2.24, 2.45) is 5.41 Å². The molecule has 2 heterocycles. The maximum Gasteiger partial charge on any atom is 0.326 e. The zero-order valence-corrected chi connectivity index (χ0v) is 12.6. The van der Waals surface area contributed by atoms with Gasteiger partial charge in [-0.3, -0.25) is 0 Å². The molecule has 5 nitrogen and oxygen atoms in total.